The predicted molar refractivity (Wildman–Crippen MR) is 84.5 cm³/mol. The molecule has 1 aliphatic heterocycles. The SMILES string of the molecule is CC(C)(C)OC(=O)NCC1CCN(C(=O)C[n+]2cc[nH]c2)CC1. The van der Waals surface area contributed by atoms with Gasteiger partial charge in [0, 0.05) is 19.6 Å². The Labute approximate surface area is 137 Å². The maximum Gasteiger partial charge on any atom is 0.407 e. The summed E-state index contributed by atoms with van der Waals surface area (Å²) in [7, 11) is 0. The number of aromatic amines is 1. The molecule has 0 aromatic carbocycles. The molecule has 7 heteroatoms. The minimum Gasteiger partial charge on any atom is -0.444 e. The number of hydrogen-bond acceptors (Lipinski definition) is 3. The molecule has 0 spiro atoms. The van der Waals surface area contributed by atoms with Crippen LogP contribution in [0.4, 0.5) is 4.79 Å². The summed E-state index contributed by atoms with van der Waals surface area (Å²) in [4.78, 5) is 28.7. The molecule has 2 amide bonds. The first-order valence-corrected chi connectivity index (χ1v) is 8.10. The van der Waals surface area contributed by atoms with Crippen molar-refractivity contribution in [2.24, 2.45) is 5.92 Å². The Hall–Kier alpha value is -2.05. The van der Waals surface area contributed by atoms with Gasteiger partial charge in [0.2, 0.25) is 6.33 Å². The van der Waals surface area contributed by atoms with Gasteiger partial charge in [-0.25, -0.2) is 9.36 Å². The van der Waals surface area contributed by atoms with E-state index in [4.69, 9.17) is 4.74 Å². The molecule has 0 radical (unpaired) electrons. The number of hydrogen-bond donors (Lipinski definition) is 2. The summed E-state index contributed by atoms with van der Waals surface area (Å²) in [5.74, 6) is 0.527. The summed E-state index contributed by atoms with van der Waals surface area (Å²) >= 11 is 0. The Bertz CT molecular complexity index is 514. The van der Waals surface area contributed by atoms with Crippen molar-refractivity contribution in [3.8, 4) is 0 Å². The predicted octanol–water partition coefficient (Wildman–Crippen LogP) is 1.07. The molecule has 1 fully saturated rings. The minimum absolute atomic E-state index is 0.133. The standard InChI is InChI=1S/C16H26N4O3/c1-16(2,3)23-15(22)18-10-13-4-7-20(8-5-13)14(21)11-19-9-6-17-12-19/h6,9,12-13H,4-5,7-8,10-11H2,1-3H3,(H,18,22)/p+1. The first kappa shape index (κ1) is 17.3. The van der Waals surface area contributed by atoms with Gasteiger partial charge in [-0.3, -0.25) is 9.78 Å². The molecule has 1 aromatic rings. The van der Waals surface area contributed by atoms with Gasteiger partial charge in [-0.05, 0) is 39.5 Å². The zero-order valence-electron chi connectivity index (χ0n) is 14.2. The number of imidazole rings is 1. The van der Waals surface area contributed by atoms with Gasteiger partial charge in [-0.1, -0.05) is 0 Å². The van der Waals surface area contributed by atoms with Crippen molar-refractivity contribution in [2.75, 3.05) is 19.6 Å². The number of aromatic nitrogens is 2. The van der Waals surface area contributed by atoms with Gasteiger partial charge in [0.15, 0.2) is 6.54 Å². The average Bonchev–Trinajstić information content (AvgIpc) is 2.97. The van der Waals surface area contributed by atoms with E-state index in [0.29, 0.717) is 19.0 Å². The number of rotatable bonds is 4. The van der Waals surface area contributed by atoms with Gasteiger partial charge < -0.3 is 15.0 Å². The Morgan fingerprint density at radius 2 is 2.04 bits per heavy atom. The number of nitrogens with one attached hydrogen (secondary N) is 2. The van der Waals surface area contributed by atoms with Gasteiger partial charge in [-0.15, -0.1) is 0 Å². The fourth-order valence-electron chi connectivity index (χ4n) is 2.60. The van der Waals surface area contributed by atoms with Crippen LogP contribution in [0.3, 0.4) is 0 Å². The number of piperidine rings is 1. The quantitative estimate of drug-likeness (QED) is 0.814. The molecular weight excluding hydrogens is 296 g/mol. The highest BCUT2D eigenvalue weighted by Crippen LogP contribution is 2.17. The number of nitrogens with zero attached hydrogens (tertiary/aromatic N) is 2. The molecule has 0 atom stereocenters. The number of H-pyrrole nitrogens is 1. The fraction of sp³-hybridized carbons (Fsp3) is 0.688. The molecule has 2 heterocycles. The molecule has 1 aliphatic rings. The van der Waals surface area contributed by atoms with Gasteiger partial charge >= 0.3 is 6.09 Å². The van der Waals surface area contributed by atoms with Crippen LogP contribution >= 0.6 is 0 Å². The summed E-state index contributed by atoms with van der Waals surface area (Å²) in [5.41, 5.74) is -0.476. The van der Waals surface area contributed by atoms with Crippen LogP contribution in [0.2, 0.25) is 0 Å². The third kappa shape index (κ3) is 5.92. The number of likely N-dealkylation sites (tertiary alicyclic amines) is 1. The molecule has 2 rings (SSSR count). The molecule has 0 aliphatic carbocycles. The van der Waals surface area contributed by atoms with E-state index in [9.17, 15) is 9.59 Å². The third-order valence-electron chi connectivity index (χ3n) is 3.82. The monoisotopic (exact) mass is 323 g/mol. The maximum absolute atomic E-state index is 12.2. The smallest absolute Gasteiger partial charge is 0.407 e. The lowest BCUT2D eigenvalue weighted by molar-refractivity contribution is -0.683. The van der Waals surface area contributed by atoms with Gasteiger partial charge in [0.05, 0.1) is 0 Å². The molecule has 0 bridgehead atoms. The number of amides is 2. The van der Waals surface area contributed by atoms with Gasteiger partial charge in [0.1, 0.15) is 18.0 Å². The second-order valence-electron chi connectivity index (χ2n) is 6.99. The van der Waals surface area contributed by atoms with Crippen LogP contribution in [0.15, 0.2) is 18.7 Å². The van der Waals surface area contributed by atoms with E-state index in [2.05, 4.69) is 10.3 Å². The highest BCUT2D eigenvalue weighted by atomic mass is 16.6. The first-order valence-electron chi connectivity index (χ1n) is 8.10. The molecule has 0 unspecified atom stereocenters. The number of alkyl carbamates (subject to hydrolysis) is 1. The second kappa shape index (κ2) is 7.48. The van der Waals surface area contributed by atoms with Crippen molar-refractivity contribution in [3.05, 3.63) is 18.7 Å². The summed E-state index contributed by atoms with van der Waals surface area (Å²) in [6, 6.07) is 0. The molecule has 0 saturated carbocycles. The van der Waals surface area contributed by atoms with Crippen LogP contribution < -0.4 is 9.88 Å². The Balaban J connectivity index is 1.67. The second-order valence-corrected chi connectivity index (χ2v) is 6.99. The van der Waals surface area contributed by atoms with Crippen LogP contribution in [0, 0.1) is 5.92 Å². The lowest BCUT2D eigenvalue weighted by Gasteiger charge is -2.31. The lowest BCUT2D eigenvalue weighted by Crippen LogP contribution is -2.47. The largest absolute Gasteiger partial charge is 0.444 e. The molecule has 1 aromatic heterocycles. The Morgan fingerprint density at radius 1 is 1.35 bits per heavy atom. The van der Waals surface area contributed by atoms with Crippen molar-refractivity contribution in [3.63, 3.8) is 0 Å². The Morgan fingerprint density at radius 3 is 2.61 bits per heavy atom. The molecular formula is C16H27N4O3+. The third-order valence-corrected chi connectivity index (χ3v) is 3.82. The number of carbonyl (C=O) groups excluding carboxylic acids is 2. The average molecular weight is 323 g/mol. The van der Waals surface area contributed by atoms with Gasteiger partial charge in [0.25, 0.3) is 5.91 Å². The van der Waals surface area contributed by atoms with Crippen molar-refractivity contribution < 1.29 is 18.9 Å². The van der Waals surface area contributed by atoms with Crippen molar-refractivity contribution in [1.29, 1.82) is 0 Å². The summed E-state index contributed by atoms with van der Waals surface area (Å²) < 4.78 is 7.06. The van der Waals surface area contributed by atoms with Crippen LogP contribution in [-0.2, 0) is 16.1 Å². The van der Waals surface area contributed by atoms with E-state index >= 15 is 0 Å². The fourth-order valence-corrected chi connectivity index (χ4v) is 2.60. The molecule has 7 nitrogen and oxygen atoms in total. The van der Waals surface area contributed by atoms with Crippen LogP contribution in [0.25, 0.3) is 0 Å². The topological polar surface area (TPSA) is 78.3 Å². The van der Waals surface area contributed by atoms with E-state index < -0.39 is 5.60 Å². The van der Waals surface area contributed by atoms with E-state index in [1.165, 1.54) is 0 Å². The van der Waals surface area contributed by atoms with E-state index in [1.807, 2.05) is 36.4 Å². The van der Waals surface area contributed by atoms with E-state index in [0.717, 1.165) is 25.9 Å². The maximum atomic E-state index is 12.2. The van der Waals surface area contributed by atoms with Crippen LogP contribution in [0.5, 0.6) is 0 Å². The molecule has 128 valence electrons. The Kier molecular flexibility index (Phi) is 5.63. The highest BCUT2D eigenvalue weighted by molar-refractivity contribution is 5.74. The number of carbonyl (C=O) groups is 2. The number of ether oxygens (including phenoxy) is 1. The van der Waals surface area contributed by atoms with Crippen molar-refractivity contribution in [1.82, 2.24) is 15.2 Å². The summed E-state index contributed by atoms with van der Waals surface area (Å²) in [6.07, 6.45) is 6.84. The first-order chi connectivity index (χ1) is 10.8. The van der Waals surface area contributed by atoms with Gasteiger partial charge in [-0.2, -0.15) is 0 Å². The molecule has 2 N–H and O–H groups in total. The lowest BCUT2D eigenvalue weighted by atomic mass is 9.97. The van der Waals surface area contributed by atoms with Crippen molar-refractivity contribution in [2.45, 2.75) is 45.8 Å². The molecule has 1 saturated heterocycles. The highest BCUT2D eigenvalue weighted by Gasteiger charge is 2.25. The van der Waals surface area contributed by atoms with Crippen LogP contribution in [-0.4, -0.2) is 47.1 Å². The zero-order chi connectivity index (χ0) is 16.9. The normalized spacial score (nSPS) is 16.2. The zero-order valence-corrected chi connectivity index (χ0v) is 14.2. The minimum atomic E-state index is -0.476. The summed E-state index contributed by atoms with van der Waals surface area (Å²) in [5, 5.41) is 2.82. The molecule has 23 heavy (non-hydrogen) atoms. The summed E-state index contributed by atoms with van der Waals surface area (Å²) in [6.45, 7) is 7.99. The van der Waals surface area contributed by atoms with E-state index in [1.54, 1.807) is 12.5 Å². The van der Waals surface area contributed by atoms with Crippen molar-refractivity contribution >= 4 is 12.0 Å². The van der Waals surface area contributed by atoms with Crippen LogP contribution in [0.1, 0.15) is 33.6 Å². The van der Waals surface area contributed by atoms with E-state index in [-0.39, 0.29) is 12.0 Å².